The summed E-state index contributed by atoms with van der Waals surface area (Å²) in [7, 11) is 1.58. The molecular weight excluding hydrogens is 553 g/mol. The zero-order chi connectivity index (χ0) is 24.0. The highest BCUT2D eigenvalue weighted by Gasteiger charge is 2.24. The van der Waals surface area contributed by atoms with E-state index in [2.05, 4.69) is 39.8 Å². The van der Waals surface area contributed by atoms with Crippen LogP contribution in [0.15, 0.2) is 34.7 Å². The van der Waals surface area contributed by atoms with E-state index >= 15 is 0 Å². The summed E-state index contributed by atoms with van der Waals surface area (Å²) in [5.74, 6) is 0.189. The number of hydrogen-bond acceptors (Lipinski definition) is 5. The van der Waals surface area contributed by atoms with E-state index in [1.807, 2.05) is 37.3 Å². The van der Waals surface area contributed by atoms with Crippen molar-refractivity contribution in [1.82, 2.24) is 14.6 Å². The summed E-state index contributed by atoms with van der Waals surface area (Å²) in [5.41, 5.74) is 3.23. The Balaban J connectivity index is 1.94. The second kappa shape index (κ2) is 12.0. The standard InChI is InChI=1S/C24H30IN3O4S/c1-4-5-6-7-8-13-28(33(30)31)15-20-19(25)14-18-21(23(29)26-3)22(32-24(18)27-20)17-11-9-16(2)10-12-17/h9-12,14H,4-8,13,15H2,1-3H3,(H,26,29)(H,30,31)/p-1. The second-order valence-electron chi connectivity index (χ2n) is 8.02. The minimum atomic E-state index is -2.35. The molecule has 7 nitrogen and oxygen atoms in total. The van der Waals surface area contributed by atoms with E-state index in [0.717, 1.165) is 46.8 Å². The number of rotatable bonds is 11. The predicted molar refractivity (Wildman–Crippen MR) is 138 cm³/mol. The molecule has 0 fully saturated rings. The van der Waals surface area contributed by atoms with Crippen LogP contribution in [0.3, 0.4) is 0 Å². The van der Waals surface area contributed by atoms with E-state index in [4.69, 9.17) is 4.42 Å². The molecule has 3 aromatic rings. The first-order valence-electron chi connectivity index (χ1n) is 11.1. The van der Waals surface area contributed by atoms with Crippen molar-refractivity contribution in [3.05, 3.63) is 50.7 Å². The summed E-state index contributed by atoms with van der Waals surface area (Å²) in [4.78, 5) is 17.3. The first-order valence-corrected chi connectivity index (χ1v) is 13.2. The Morgan fingerprint density at radius 3 is 2.55 bits per heavy atom. The van der Waals surface area contributed by atoms with Crippen LogP contribution in [0.4, 0.5) is 0 Å². The maximum absolute atomic E-state index is 12.7. The van der Waals surface area contributed by atoms with Crippen molar-refractivity contribution in [3.63, 3.8) is 0 Å². The average molecular weight is 582 g/mol. The number of unbranched alkanes of at least 4 members (excludes halogenated alkanes) is 4. The number of pyridine rings is 1. The zero-order valence-corrected chi connectivity index (χ0v) is 22.1. The van der Waals surface area contributed by atoms with Crippen LogP contribution in [0.5, 0.6) is 0 Å². The Hall–Kier alpha value is -1.82. The van der Waals surface area contributed by atoms with E-state index in [1.54, 1.807) is 7.05 Å². The number of nitrogens with one attached hydrogen (secondary N) is 1. The minimum absolute atomic E-state index is 0.161. The molecular formula is C24H29IN3O4S-. The third kappa shape index (κ3) is 6.40. The Kier molecular flexibility index (Phi) is 9.42. The van der Waals surface area contributed by atoms with Crippen molar-refractivity contribution >= 4 is 50.9 Å². The van der Waals surface area contributed by atoms with Gasteiger partial charge in [0.05, 0.1) is 23.2 Å². The molecule has 3 rings (SSSR count). The van der Waals surface area contributed by atoms with Gasteiger partial charge in [0.25, 0.3) is 5.91 Å². The summed E-state index contributed by atoms with van der Waals surface area (Å²) >= 11 is -0.210. The number of benzene rings is 1. The van der Waals surface area contributed by atoms with Crippen LogP contribution in [-0.2, 0) is 17.8 Å². The first kappa shape index (κ1) is 25.8. The molecule has 1 atom stereocenters. The van der Waals surface area contributed by atoms with E-state index in [-0.39, 0.29) is 12.5 Å². The lowest BCUT2D eigenvalue weighted by Gasteiger charge is -2.24. The average Bonchev–Trinajstić information content (AvgIpc) is 3.16. The predicted octanol–water partition coefficient (Wildman–Crippen LogP) is 5.33. The number of fused-ring (bicyclic) bond motifs is 1. The third-order valence-corrected chi connectivity index (χ3v) is 7.19. The van der Waals surface area contributed by atoms with Gasteiger partial charge in [-0.05, 0) is 42.0 Å². The van der Waals surface area contributed by atoms with Crippen LogP contribution >= 0.6 is 22.6 Å². The minimum Gasteiger partial charge on any atom is -0.760 e. The number of amides is 1. The largest absolute Gasteiger partial charge is 0.760 e. The Labute approximate surface area is 210 Å². The molecule has 0 radical (unpaired) electrons. The lowest BCUT2D eigenvalue weighted by molar-refractivity contribution is 0.0964. The number of aryl methyl sites for hydroxylation is 1. The molecule has 1 N–H and O–H groups in total. The lowest BCUT2D eigenvalue weighted by Crippen LogP contribution is -2.27. The SMILES string of the molecule is CCCCCCCN(Cc1nc2oc(-c3ccc(C)cc3)c(C(=O)NC)c2cc1I)S(=O)[O-]. The molecule has 0 aliphatic heterocycles. The molecule has 9 heteroatoms. The molecule has 0 aliphatic carbocycles. The highest BCUT2D eigenvalue weighted by molar-refractivity contribution is 14.1. The molecule has 1 unspecified atom stereocenters. The van der Waals surface area contributed by atoms with Gasteiger partial charge in [-0.2, -0.15) is 0 Å². The van der Waals surface area contributed by atoms with Gasteiger partial charge in [0.1, 0.15) is 5.76 Å². The molecule has 1 aromatic carbocycles. The van der Waals surface area contributed by atoms with Crippen molar-refractivity contribution in [2.75, 3.05) is 13.6 Å². The first-order chi connectivity index (χ1) is 15.8. The highest BCUT2D eigenvalue weighted by atomic mass is 127. The fourth-order valence-corrected chi connectivity index (χ4v) is 4.78. The van der Waals surface area contributed by atoms with Crippen molar-refractivity contribution < 1.29 is 18.0 Å². The summed E-state index contributed by atoms with van der Waals surface area (Å²) in [5, 5.41) is 3.29. The van der Waals surface area contributed by atoms with Gasteiger partial charge >= 0.3 is 0 Å². The Bertz CT molecular complexity index is 1130. The summed E-state index contributed by atoms with van der Waals surface area (Å²) in [6.45, 7) is 4.75. The number of aromatic nitrogens is 1. The molecule has 0 saturated carbocycles. The molecule has 2 heterocycles. The number of halogens is 1. The van der Waals surface area contributed by atoms with Crippen LogP contribution in [0.2, 0.25) is 0 Å². The maximum atomic E-state index is 12.7. The summed E-state index contributed by atoms with van der Waals surface area (Å²) in [6.07, 6.45) is 5.22. The zero-order valence-electron chi connectivity index (χ0n) is 19.2. The van der Waals surface area contributed by atoms with Gasteiger partial charge < -0.3 is 14.3 Å². The third-order valence-electron chi connectivity index (χ3n) is 5.52. The topological polar surface area (TPSA) is 98.5 Å². The van der Waals surface area contributed by atoms with Gasteiger partial charge in [-0.1, -0.05) is 62.4 Å². The number of furan rings is 1. The fraction of sp³-hybridized carbons (Fsp3) is 0.417. The molecule has 33 heavy (non-hydrogen) atoms. The smallest absolute Gasteiger partial charge is 0.255 e. The number of carbonyl (C=O) groups excluding carboxylic acids is 1. The summed E-state index contributed by atoms with van der Waals surface area (Å²) in [6, 6.07) is 9.58. The van der Waals surface area contributed by atoms with Gasteiger partial charge in [0.15, 0.2) is 0 Å². The van der Waals surface area contributed by atoms with E-state index in [9.17, 15) is 13.6 Å². The van der Waals surface area contributed by atoms with E-state index in [0.29, 0.717) is 34.7 Å². The highest BCUT2D eigenvalue weighted by Crippen LogP contribution is 2.34. The van der Waals surface area contributed by atoms with E-state index in [1.165, 1.54) is 4.31 Å². The van der Waals surface area contributed by atoms with Gasteiger partial charge in [-0.3, -0.25) is 9.00 Å². The van der Waals surface area contributed by atoms with Gasteiger partial charge in [-0.15, -0.1) is 0 Å². The number of carbonyl (C=O) groups is 1. The summed E-state index contributed by atoms with van der Waals surface area (Å²) < 4.78 is 31.9. The van der Waals surface area contributed by atoms with Crippen LogP contribution in [0.25, 0.3) is 22.4 Å². The van der Waals surface area contributed by atoms with Crippen LogP contribution in [0.1, 0.15) is 60.6 Å². The molecule has 1 amide bonds. The van der Waals surface area contributed by atoms with Crippen LogP contribution < -0.4 is 5.32 Å². The Morgan fingerprint density at radius 2 is 1.91 bits per heavy atom. The lowest BCUT2D eigenvalue weighted by atomic mass is 10.0. The van der Waals surface area contributed by atoms with Crippen molar-refractivity contribution in [2.24, 2.45) is 0 Å². The van der Waals surface area contributed by atoms with Crippen LogP contribution in [-0.4, -0.2) is 37.6 Å². The normalized spacial score (nSPS) is 12.4. The van der Waals surface area contributed by atoms with Crippen molar-refractivity contribution in [1.29, 1.82) is 0 Å². The molecule has 0 aliphatic rings. The van der Waals surface area contributed by atoms with Crippen LogP contribution in [0, 0.1) is 10.5 Å². The number of nitrogens with zero attached hydrogens (tertiary/aromatic N) is 2. The fourth-order valence-electron chi connectivity index (χ4n) is 3.67. The van der Waals surface area contributed by atoms with Crippen molar-refractivity contribution in [3.8, 4) is 11.3 Å². The van der Waals surface area contributed by atoms with Crippen molar-refractivity contribution in [2.45, 2.75) is 52.5 Å². The van der Waals surface area contributed by atoms with Gasteiger partial charge in [0, 0.05) is 34.0 Å². The monoisotopic (exact) mass is 582 g/mol. The van der Waals surface area contributed by atoms with Gasteiger partial charge in [-0.25, -0.2) is 9.29 Å². The molecule has 0 saturated heterocycles. The molecule has 0 bridgehead atoms. The van der Waals surface area contributed by atoms with Gasteiger partial charge in [0.2, 0.25) is 5.71 Å². The molecule has 2 aromatic heterocycles. The molecule has 0 spiro atoms. The second-order valence-corrected chi connectivity index (χ2v) is 10.1. The maximum Gasteiger partial charge on any atom is 0.255 e. The Morgan fingerprint density at radius 1 is 1.21 bits per heavy atom. The molecule has 178 valence electrons. The quantitative estimate of drug-likeness (QED) is 0.187. The van der Waals surface area contributed by atoms with E-state index < -0.39 is 11.3 Å². The number of hydrogen-bond donors (Lipinski definition) is 1.